The highest BCUT2D eigenvalue weighted by atomic mass is 16.1. The van der Waals surface area contributed by atoms with E-state index in [1.165, 1.54) is 12.8 Å². The van der Waals surface area contributed by atoms with Crippen molar-refractivity contribution < 1.29 is 4.79 Å². The Balaban J connectivity index is 1.65. The maximum atomic E-state index is 12.9. The minimum absolute atomic E-state index is 0.0219. The first-order chi connectivity index (χ1) is 12.8. The summed E-state index contributed by atoms with van der Waals surface area (Å²) in [6.07, 6.45) is 2.34. The van der Waals surface area contributed by atoms with Crippen LogP contribution in [0.25, 0.3) is 22.2 Å². The number of para-hydroxylation sites is 1. The molecule has 1 aliphatic rings. The number of benzene rings is 2. The molecule has 0 spiro atoms. The Hall–Kier alpha value is -2.72. The van der Waals surface area contributed by atoms with Crippen molar-refractivity contribution in [1.29, 1.82) is 0 Å². The van der Waals surface area contributed by atoms with Crippen molar-refractivity contribution in [1.82, 2.24) is 15.6 Å². The highest BCUT2D eigenvalue weighted by molar-refractivity contribution is 6.07. The van der Waals surface area contributed by atoms with Crippen LogP contribution in [0.15, 0.2) is 60.7 Å². The smallest absolute Gasteiger partial charge is 0.252 e. The maximum absolute atomic E-state index is 12.9. The second-order valence-electron chi connectivity index (χ2n) is 6.86. The van der Waals surface area contributed by atoms with E-state index in [4.69, 9.17) is 4.98 Å². The monoisotopic (exact) mass is 345 g/mol. The molecule has 1 aliphatic heterocycles. The van der Waals surface area contributed by atoms with E-state index in [2.05, 4.69) is 10.6 Å². The van der Waals surface area contributed by atoms with Gasteiger partial charge in [-0.15, -0.1) is 0 Å². The predicted octanol–water partition coefficient (Wildman–Crippen LogP) is 3.63. The molecule has 4 nitrogen and oxygen atoms in total. The second kappa shape index (κ2) is 7.67. The Bertz CT molecular complexity index is 902. The van der Waals surface area contributed by atoms with Crippen LogP contribution in [0.4, 0.5) is 0 Å². The van der Waals surface area contributed by atoms with E-state index in [1.807, 2.05) is 60.7 Å². The number of hydrogen-bond donors (Lipinski definition) is 2. The van der Waals surface area contributed by atoms with Gasteiger partial charge in [0, 0.05) is 17.5 Å². The lowest BCUT2D eigenvalue weighted by Gasteiger charge is -2.23. The Labute approximate surface area is 153 Å². The largest absolute Gasteiger partial charge is 0.352 e. The van der Waals surface area contributed by atoms with Gasteiger partial charge in [-0.1, -0.05) is 48.5 Å². The van der Waals surface area contributed by atoms with Crippen LogP contribution in [-0.2, 0) is 0 Å². The van der Waals surface area contributed by atoms with Gasteiger partial charge in [-0.25, -0.2) is 4.98 Å². The van der Waals surface area contributed by atoms with Gasteiger partial charge in [0.15, 0.2) is 0 Å². The highest BCUT2D eigenvalue weighted by Gasteiger charge is 2.17. The first-order valence-corrected chi connectivity index (χ1v) is 9.25. The Morgan fingerprint density at radius 2 is 1.92 bits per heavy atom. The normalized spacial score (nSPS) is 17.2. The Kier molecular flexibility index (Phi) is 4.93. The fourth-order valence-electron chi connectivity index (χ4n) is 3.55. The molecule has 1 unspecified atom stereocenters. The SMILES string of the molecule is O=C(NCC1CCCNC1)c1cc(-c2ccccc2)nc2ccccc12. The first kappa shape index (κ1) is 16.7. The molecule has 4 heteroatoms. The van der Waals surface area contributed by atoms with Gasteiger partial charge < -0.3 is 10.6 Å². The number of aromatic nitrogens is 1. The molecule has 132 valence electrons. The zero-order chi connectivity index (χ0) is 17.8. The van der Waals surface area contributed by atoms with Crippen molar-refractivity contribution in [3.63, 3.8) is 0 Å². The molecule has 1 atom stereocenters. The molecular weight excluding hydrogens is 322 g/mol. The number of amides is 1. The van der Waals surface area contributed by atoms with E-state index in [9.17, 15) is 4.79 Å². The number of piperidine rings is 1. The summed E-state index contributed by atoms with van der Waals surface area (Å²) in [5.74, 6) is 0.487. The highest BCUT2D eigenvalue weighted by Crippen LogP contribution is 2.24. The van der Waals surface area contributed by atoms with Crippen LogP contribution in [0.2, 0.25) is 0 Å². The first-order valence-electron chi connectivity index (χ1n) is 9.25. The molecule has 26 heavy (non-hydrogen) atoms. The van der Waals surface area contributed by atoms with E-state index < -0.39 is 0 Å². The third kappa shape index (κ3) is 3.60. The molecule has 3 aromatic rings. The van der Waals surface area contributed by atoms with Crippen molar-refractivity contribution >= 4 is 16.8 Å². The molecule has 2 heterocycles. The van der Waals surface area contributed by atoms with Crippen molar-refractivity contribution in [2.45, 2.75) is 12.8 Å². The van der Waals surface area contributed by atoms with Crippen molar-refractivity contribution in [2.24, 2.45) is 5.92 Å². The molecule has 0 saturated carbocycles. The molecule has 2 aromatic carbocycles. The van der Waals surface area contributed by atoms with Crippen LogP contribution in [0.1, 0.15) is 23.2 Å². The van der Waals surface area contributed by atoms with E-state index >= 15 is 0 Å². The lowest BCUT2D eigenvalue weighted by atomic mass is 9.99. The summed E-state index contributed by atoms with van der Waals surface area (Å²) in [4.78, 5) is 17.7. The van der Waals surface area contributed by atoms with Crippen molar-refractivity contribution in [3.8, 4) is 11.3 Å². The molecule has 0 aliphatic carbocycles. The van der Waals surface area contributed by atoms with Crippen LogP contribution in [0, 0.1) is 5.92 Å². The molecule has 2 N–H and O–H groups in total. The summed E-state index contributed by atoms with van der Waals surface area (Å²) in [6.45, 7) is 2.77. The van der Waals surface area contributed by atoms with Gasteiger partial charge in [0.25, 0.3) is 5.91 Å². The van der Waals surface area contributed by atoms with Crippen LogP contribution >= 0.6 is 0 Å². The van der Waals surface area contributed by atoms with Gasteiger partial charge in [-0.3, -0.25) is 4.79 Å². The average molecular weight is 345 g/mol. The lowest BCUT2D eigenvalue weighted by Crippen LogP contribution is -2.38. The number of hydrogen-bond acceptors (Lipinski definition) is 3. The summed E-state index contributed by atoms with van der Waals surface area (Å²) in [7, 11) is 0. The minimum atomic E-state index is -0.0219. The fraction of sp³-hybridized carbons (Fsp3) is 0.273. The van der Waals surface area contributed by atoms with E-state index in [0.29, 0.717) is 18.0 Å². The third-order valence-electron chi connectivity index (χ3n) is 4.98. The number of carbonyl (C=O) groups is 1. The van der Waals surface area contributed by atoms with Crippen molar-refractivity contribution in [2.75, 3.05) is 19.6 Å². The van der Waals surface area contributed by atoms with Crippen LogP contribution < -0.4 is 10.6 Å². The molecule has 1 saturated heterocycles. The van der Waals surface area contributed by atoms with Gasteiger partial charge in [0.1, 0.15) is 0 Å². The molecule has 4 rings (SSSR count). The van der Waals surface area contributed by atoms with Crippen molar-refractivity contribution in [3.05, 3.63) is 66.2 Å². The van der Waals surface area contributed by atoms with Gasteiger partial charge in [-0.05, 0) is 44.0 Å². The summed E-state index contributed by atoms with van der Waals surface area (Å²) in [6, 6.07) is 19.7. The zero-order valence-corrected chi connectivity index (χ0v) is 14.7. The Morgan fingerprint density at radius 1 is 1.12 bits per heavy atom. The molecule has 1 aromatic heterocycles. The molecule has 0 radical (unpaired) electrons. The van der Waals surface area contributed by atoms with E-state index in [1.54, 1.807) is 0 Å². The molecular formula is C22H23N3O. The fourth-order valence-corrected chi connectivity index (χ4v) is 3.55. The molecule has 1 fully saturated rings. The van der Waals surface area contributed by atoms with Gasteiger partial charge in [0.05, 0.1) is 16.8 Å². The summed E-state index contributed by atoms with van der Waals surface area (Å²) >= 11 is 0. The minimum Gasteiger partial charge on any atom is -0.352 e. The second-order valence-corrected chi connectivity index (χ2v) is 6.86. The summed E-state index contributed by atoms with van der Waals surface area (Å²) < 4.78 is 0. The number of nitrogens with zero attached hydrogens (tertiary/aromatic N) is 1. The van der Waals surface area contributed by atoms with Gasteiger partial charge >= 0.3 is 0 Å². The predicted molar refractivity (Wildman–Crippen MR) is 105 cm³/mol. The summed E-state index contributed by atoms with van der Waals surface area (Å²) in [5.41, 5.74) is 3.38. The number of rotatable bonds is 4. The number of fused-ring (bicyclic) bond motifs is 1. The summed E-state index contributed by atoms with van der Waals surface area (Å²) in [5, 5.41) is 7.42. The van der Waals surface area contributed by atoms with E-state index in [-0.39, 0.29) is 5.91 Å². The van der Waals surface area contributed by atoms with Crippen LogP contribution in [0.5, 0.6) is 0 Å². The molecule has 1 amide bonds. The quantitative estimate of drug-likeness (QED) is 0.759. The van der Waals surface area contributed by atoms with Gasteiger partial charge in [-0.2, -0.15) is 0 Å². The standard InChI is InChI=1S/C22H23N3O/c26-22(24-15-16-7-6-12-23-14-16)19-13-21(17-8-2-1-3-9-17)25-20-11-5-4-10-18(19)20/h1-5,8-11,13,16,23H,6-7,12,14-15H2,(H,24,26). The lowest BCUT2D eigenvalue weighted by molar-refractivity contribution is 0.0946. The van der Waals surface area contributed by atoms with Crippen LogP contribution in [0.3, 0.4) is 0 Å². The topological polar surface area (TPSA) is 54.0 Å². The zero-order valence-electron chi connectivity index (χ0n) is 14.7. The maximum Gasteiger partial charge on any atom is 0.252 e. The Morgan fingerprint density at radius 3 is 2.73 bits per heavy atom. The number of pyridine rings is 1. The van der Waals surface area contributed by atoms with Crippen LogP contribution in [-0.4, -0.2) is 30.5 Å². The third-order valence-corrected chi connectivity index (χ3v) is 4.98. The number of nitrogens with one attached hydrogen (secondary N) is 2. The van der Waals surface area contributed by atoms with Gasteiger partial charge in [0.2, 0.25) is 0 Å². The molecule has 0 bridgehead atoms. The van der Waals surface area contributed by atoms with E-state index in [0.717, 1.165) is 35.2 Å². The number of carbonyl (C=O) groups excluding carboxylic acids is 1. The average Bonchev–Trinajstić information content (AvgIpc) is 2.72.